The number of furan rings is 1. The molecular weight excluding hydrogens is 316 g/mol. The molecule has 1 aromatic carbocycles. The van der Waals surface area contributed by atoms with Gasteiger partial charge in [-0.25, -0.2) is 0 Å². The van der Waals surface area contributed by atoms with Gasteiger partial charge in [-0.15, -0.1) is 0 Å². The van der Waals surface area contributed by atoms with Gasteiger partial charge >= 0.3 is 11.8 Å². The van der Waals surface area contributed by atoms with Crippen LogP contribution in [0.25, 0.3) is 0 Å². The van der Waals surface area contributed by atoms with E-state index in [1.807, 2.05) is 0 Å². The maximum Gasteiger partial charge on any atom is 0.313 e. The van der Waals surface area contributed by atoms with Crippen LogP contribution in [0.3, 0.4) is 0 Å². The van der Waals surface area contributed by atoms with Gasteiger partial charge in [0.2, 0.25) is 5.75 Å². The van der Waals surface area contributed by atoms with E-state index in [-0.39, 0.29) is 6.54 Å². The van der Waals surface area contributed by atoms with Crippen molar-refractivity contribution in [2.75, 3.05) is 26.6 Å². The third kappa shape index (κ3) is 3.97. The van der Waals surface area contributed by atoms with Gasteiger partial charge < -0.3 is 29.3 Å². The Kier molecular flexibility index (Phi) is 5.67. The summed E-state index contributed by atoms with van der Waals surface area (Å²) in [5.74, 6) is 0.0477. The van der Waals surface area contributed by atoms with Crippen LogP contribution in [0.5, 0.6) is 17.2 Å². The first kappa shape index (κ1) is 17.2. The number of nitrogens with one attached hydrogen (secondary N) is 2. The first-order valence-corrected chi connectivity index (χ1v) is 7.00. The summed E-state index contributed by atoms with van der Waals surface area (Å²) in [6.07, 6.45) is 1.48. The van der Waals surface area contributed by atoms with Crippen LogP contribution in [-0.4, -0.2) is 33.1 Å². The standard InChI is InChI=1S/C16H18N2O6/c1-21-12-7-10(8-13(22-2)14(12)23-3)18-16(20)15(19)17-9-11-5-4-6-24-11/h4-8H,9H2,1-3H3,(H,17,19)(H,18,20). The topological polar surface area (TPSA) is 99.0 Å². The molecule has 2 rings (SSSR count). The molecule has 8 heteroatoms. The van der Waals surface area contributed by atoms with Gasteiger partial charge in [-0.1, -0.05) is 0 Å². The van der Waals surface area contributed by atoms with E-state index >= 15 is 0 Å². The second-order valence-corrected chi connectivity index (χ2v) is 4.63. The number of hydrogen-bond donors (Lipinski definition) is 2. The van der Waals surface area contributed by atoms with Crippen molar-refractivity contribution >= 4 is 17.5 Å². The van der Waals surface area contributed by atoms with Crippen LogP contribution < -0.4 is 24.8 Å². The van der Waals surface area contributed by atoms with Crippen LogP contribution in [-0.2, 0) is 16.1 Å². The van der Waals surface area contributed by atoms with E-state index in [4.69, 9.17) is 18.6 Å². The van der Waals surface area contributed by atoms with Crippen LogP contribution in [0.4, 0.5) is 5.69 Å². The number of hydrogen-bond acceptors (Lipinski definition) is 6. The van der Waals surface area contributed by atoms with Gasteiger partial charge in [-0.3, -0.25) is 9.59 Å². The maximum atomic E-state index is 12.0. The number of rotatable bonds is 6. The van der Waals surface area contributed by atoms with Crippen molar-refractivity contribution in [2.45, 2.75) is 6.54 Å². The van der Waals surface area contributed by atoms with Crippen LogP contribution in [0.15, 0.2) is 34.9 Å². The number of ether oxygens (including phenoxy) is 3. The van der Waals surface area contributed by atoms with E-state index < -0.39 is 11.8 Å². The van der Waals surface area contributed by atoms with Crippen LogP contribution in [0.1, 0.15) is 5.76 Å². The van der Waals surface area contributed by atoms with Crippen molar-refractivity contribution in [3.63, 3.8) is 0 Å². The summed E-state index contributed by atoms with van der Waals surface area (Å²) < 4.78 is 20.6. The fourth-order valence-corrected chi connectivity index (χ4v) is 2.00. The molecule has 2 aromatic rings. The molecule has 2 amide bonds. The zero-order valence-corrected chi connectivity index (χ0v) is 13.5. The molecule has 128 valence electrons. The summed E-state index contributed by atoms with van der Waals surface area (Å²) >= 11 is 0. The molecule has 0 unspecified atom stereocenters. The smallest absolute Gasteiger partial charge is 0.313 e. The molecule has 24 heavy (non-hydrogen) atoms. The van der Waals surface area contributed by atoms with Gasteiger partial charge in [0.25, 0.3) is 0 Å². The van der Waals surface area contributed by atoms with E-state index in [9.17, 15) is 9.59 Å². The molecular formula is C16H18N2O6. The Hall–Kier alpha value is -3.16. The average molecular weight is 334 g/mol. The largest absolute Gasteiger partial charge is 0.493 e. The van der Waals surface area contributed by atoms with E-state index in [0.717, 1.165) is 0 Å². The maximum absolute atomic E-state index is 12.0. The quantitative estimate of drug-likeness (QED) is 0.778. The van der Waals surface area contributed by atoms with Crippen molar-refractivity contribution in [1.29, 1.82) is 0 Å². The number of methoxy groups -OCH3 is 3. The molecule has 0 aliphatic rings. The van der Waals surface area contributed by atoms with Crippen molar-refractivity contribution in [1.82, 2.24) is 5.32 Å². The van der Waals surface area contributed by atoms with Gasteiger partial charge in [-0.2, -0.15) is 0 Å². The number of carbonyl (C=O) groups is 2. The van der Waals surface area contributed by atoms with Crippen LogP contribution in [0.2, 0.25) is 0 Å². The Bertz CT molecular complexity index is 686. The fourth-order valence-electron chi connectivity index (χ4n) is 2.00. The lowest BCUT2D eigenvalue weighted by molar-refractivity contribution is -0.136. The predicted octanol–water partition coefficient (Wildman–Crippen LogP) is 1.56. The van der Waals surface area contributed by atoms with E-state index in [1.54, 1.807) is 12.1 Å². The van der Waals surface area contributed by atoms with E-state index in [2.05, 4.69) is 10.6 Å². The fraction of sp³-hybridized carbons (Fsp3) is 0.250. The summed E-state index contributed by atoms with van der Waals surface area (Å²) in [4.78, 5) is 23.8. The lowest BCUT2D eigenvalue weighted by Crippen LogP contribution is -2.34. The normalized spacial score (nSPS) is 9.96. The van der Waals surface area contributed by atoms with Gasteiger partial charge in [-0.05, 0) is 12.1 Å². The molecule has 1 heterocycles. The highest BCUT2D eigenvalue weighted by atomic mass is 16.5. The molecule has 0 saturated heterocycles. The number of benzene rings is 1. The summed E-state index contributed by atoms with van der Waals surface area (Å²) in [7, 11) is 4.39. The third-order valence-electron chi connectivity index (χ3n) is 3.13. The molecule has 0 atom stereocenters. The molecule has 0 saturated carbocycles. The summed E-state index contributed by atoms with van der Waals surface area (Å²) in [6, 6.07) is 6.44. The highest BCUT2D eigenvalue weighted by molar-refractivity contribution is 6.39. The van der Waals surface area contributed by atoms with Crippen molar-refractivity contribution in [3.05, 3.63) is 36.3 Å². The third-order valence-corrected chi connectivity index (χ3v) is 3.13. The predicted molar refractivity (Wildman–Crippen MR) is 85.3 cm³/mol. The SMILES string of the molecule is COc1cc(NC(=O)C(=O)NCc2ccco2)cc(OC)c1OC. The van der Waals surface area contributed by atoms with Crippen molar-refractivity contribution in [3.8, 4) is 17.2 Å². The Morgan fingerprint density at radius 2 is 1.71 bits per heavy atom. The van der Waals surface area contributed by atoms with Gasteiger partial charge in [0.05, 0.1) is 34.1 Å². The Morgan fingerprint density at radius 3 is 2.21 bits per heavy atom. The highest BCUT2D eigenvalue weighted by Crippen LogP contribution is 2.39. The lowest BCUT2D eigenvalue weighted by Gasteiger charge is -2.14. The lowest BCUT2D eigenvalue weighted by atomic mass is 10.2. The van der Waals surface area contributed by atoms with Crippen LogP contribution in [0, 0.1) is 0 Å². The molecule has 0 bridgehead atoms. The second kappa shape index (κ2) is 7.91. The minimum absolute atomic E-state index is 0.120. The number of anilines is 1. The molecule has 0 aliphatic heterocycles. The summed E-state index contributed by atoms with van der Waals surface area (Å²) in [5, 5.41) is 4.93. The molecule has 2 N–H and O–H groups in total. The highest BCUT2D eigenvalue weighted by Gasteiger charge is 2.18. The summed E-state index contributed by atoms with van der Waals surface area (Å²) in [6.45, 7) is 0.120. The minimum Gasteiger partial charge on any atom is -0.493 e. The van der Waals surface area contributed by atoms with Gasteiger partial charge in [0.15, 0.2) is 11.5 Å². The van der Waals surface area contributed by atoms with E-state index in [1.165, 1.54) is 39.7 Å². The van der Waals surface area contributed by atoms with E-state index in [0.29, 0.717) is 28.7 Å². The Labute approximate surface area is 138 Å². The molecule has 0 radical (unpaired) electrons. The Balaban J connectivity index is 2.06. The van der Waals surface area contributed by atoms with Gasteiger partial charge in [0.1, 0.15) is 5.76 Å². The minimum atomic E-state index is -0.823. The number of carbonyl (C=O) groups excluding carboxylic acids is 2. The number of amides is 2. The zero-order valence-electron chi connectivity index (χ0n) is 13.5. The van der Waals surface area contributed by atoms with Gasteiger partial charge in [0, 0.05) is 17.8 Å². The monoisotopic (exact) mass is 334 g/mol. The second-order valence-electron chi connectivity index (χ2n) is 4.63. The molecule has 0 fully saturated rings. The summed E-state index contributed by atoms with van der Waals surface area (Å²) in [5.41, 5.74) is 0.336. The Morgan fingerprint density at radius 1 is 1.04 bits per heavy atom. The van der Waals surface area contributed by atoms with Crippen molar-refractivity contribution < 1.29 is 28.2 Å². The van der Waals surface area contributed by atoms with Crippen molar-refractivity contribution in [2.24, 2.45) is 0 Å². The molecule has 1 aromatic heterocycles. The molecule has 0 aliphatic carbocycles. The first-order chi connectivity index (χ1) is 11.6. The first-order valence-electron chi connectivity index (χ1n) is 7.00. The molecule has 0 spiro atoms. The average Bonchev–Trinajstić information content (AvgIpc) is 3.12. The van der Waals surface area contributed by atoms with Crippen LogP contribution >= 0.6 is 0 Å². The zero-order chi connectivity index (χ0) is 17.5. The molecule has 8 nitrogen and oxygen atoms in total.